The minimum Gasteiger partial charge on any atom is -0.384 e. The van der Waals surface area contributed by atoms with Crippen molar-refractivity contribution in [3.8, 4) is 0 Å². The molecule has 4 heteroatoms. The topological polar surface area (TPSA) is 64.3 Å². The SMILES string of the molecule is COCC(C)CNC(=O)CN. The Balaban J connectivity index is 3.29. The van der Waals surface area contributed by atoms with Gasteiger partial charge in [-0.2, -0.15) is 0 Å². The van der Waals surface area contributed by atoms with Gasteiger partial charge in [-0.05, 0) is 5.92 Å². The molecule has 66 valence electrons. The standard InChI is InChI=1S/C7H16N2O2/c1-6(5-11-2)4-9-7(10)3-8/h6H,3-5,8H2,1-2H3,(H,9,10). The highest BCUT2D eigenvalue weighted by molar-refractivity contribution is 5.77. The summed E-state index contributed by atoms with van der Waals surface area (Å²) >= 11 is 0. The maximum Gasteiger partial charge on any atom is 0.233 e. The molecule has 0 heterocycles. The van der Waals surface area contributed by atoms with Crippen molar-refractivity contribution < 1.29 is 9.53 Å². The molecule has 0 radical (unpaired) electrons. The Bertz CT molecular complexity index is 117. The number of rotatable bonds is 5. The van der Waals surface area contributed by atoms with E-state index in [9.17, 15) is 4.79 Å². The van der Waals surface area contributed by atoms with Crippen molar-refractivity contribution in [1.82, 2.24) is 5.32 Å². The van der Waals surface area contributed by atoms with Gasteiger partial charge in [0.25, 0.3) is 0 Å². The van der Waals surface area contributed by atoms with E-state index in [2.05, 4.69) is 5.32 Å². The number of carbonyl (C=O) groups excluding carboxylic acids is 1. The second kappa shape index (κ2) is 6.12. The van der Waals surface area contributed by atoms with E-state index in [1.54, 1.807) is 7.11 Å². The number of hydrogen-bond acceptors (Lipinski definition) is 3. The molecule has 1 atom stereocenters. The first-order valence-electron chi connectivity index (χ1n) is 3.66. The minimum absolute atomic E-state index is 0.0553. The zero-order valence-electron chi connectivity index (χ0n) is 7.09. The summed E-state index contributed by atoms with van der Waals surface area (Å²) in [6.45, 7) is 3.34. The van der Waals surface area contributed by atoms with Crippen molar-refractivity contribution in [1.29, 1.82) is 0 Å². The van der Waals surface area contributed by atoms with Crippen LogP contribution < -0.4 is 11.1 Å². The summed E-state index contributed by atoms with van der Waals surface area (Å²) < 4.78 is 4.89. The number of ether oxygens (including phenoxy) is 1. The van der Waals surface area contributed by atoms with Gasteiger partial charge >= 0.3 is 0 Å². The molecule has 0 aromatic heterocycles. The van der Waals surface area contributed by atoms with Crippen LogP contribution in [0.1, 0.15) is 6.92 Å². The van der Waals surface area contributed by atoms with Gasteiger partial charge in [0.15, 0.2) is 0 Å². The van der Waals surface area contributed by atoms with E-state index >= 15 is 0 Å². The summed E-state index contributed by atoms with van der Waals surface area (Å²) in [6, 6.07) is 0. The average Bonchev–Trinajstić information content (AvgIpc) is 2.01. The van der Waals surface area contributed by atoms with Gasteiger partial charge in [0.2, 0.25) is 5.91 Å². The molecular formula is C7H16N2O2. The molecule has 0 saturated carbocycles. The van der Waals surface area contributed by atoms with Crippen LogP contribution in [-0.4, -0.2) is 32.7 Å². The van der Waals surface area contributed by atoms with Crippen LogP contribution in [0.4, 0.5) is 0 Å². The molecule has 0 aromatic rings. The van der Waals surface area contributed by atoms with E-state index in [0.29, 0.717) is 19.1 Å². The third kappa shape index (κ3) is 5.82. The number of hydrogen-bond donors (Lipinski definition) is 2. The quantitative estimate of drug-likeness (QED) is 0.561. The fraction of sp³-hybridized carbons (Fsp3) is 0.857. The number of nitrogens with one attached hydrogen (secondary N) is 1. The summed E-state index contributed by atoms with van der Waals surface area (Å²) in [5, 5.41) is 2.67. The zero-order chi connectivity index (χ0) is 8.69. The highest BCUT2D eigenvalue weighted by Crippen LogP contribution is 1.91. The van der Waals surface area contributed by atoms with E-state index in [-0.39, 0.29) is 12.5 Å². The lowest BCUT2D eigenvalue weighted by atomic mass is 10.2. The summed E-state index contributed by atoms with van der Waals surface area (Å²) in [4.78, 5) is 10.6. The van der Waals surface area contributed by atoms with Gasteiger partial charge in [-0.1, -0.05) is 6.92 Å². The van der Waals surface area contributed by atoms with Gasteiger partial charge < -0.3 is 15.8 Å². The lowest BCUT2D eigenvalue weighted by Crippen LogP contribution is -2.34. The van der Waals surface area contributed by atoms with Crippen LogP contribution in [-0.2, 0) is 9.53 Å². The molecule has 1 unspecified atom stereocenters. The molecule has 0 bridgehead atoms. The molecule has 0 aliphatic carbocycles. The Morgan fingerprint density at radius 3 is 2.82 bits per heavy atom. The maximum absolute atomic E-state index is 10.6. The summed E-state index contributed by atoms with van der Waals surface area (Å²) in [5.74, 6) is 0.225. The van der Waals surface area contributed by atoms with E-state index in [1.807, 2.05) is 6.92 Å². The summed E-state index contributed by atoms with van der Waals surface area (Å²) in [6.07, 6.45) is 0. The minimum atomic E-state index is -0.118. The smallest absolute Gasteiger partial charge is 0.233 e. The van der Waals surface area contributed by atoms with Gasteiger partial charge in [0.05, 0.1) is 13.2 Å². The lowest BCUT2D eigenvalue weighted by molar-refractivity contribution is -0.119. The number of nitrogens with two attached hydrogens (primary N) is 1. The highest BCUT2D eigenvalue weighted by Gasteiger charge is 2.02. The molecule has 11 heavy (non-hydrogen) atoms. The van der Waals surface area contributed by atoms with Gasteiger partial charge in [-0.15, -0.1) is 0 Å². The Morgan fingerprint density at radius 1 is 1.73 bits per heavy atom. The molecule has 1 amide bonds. The van der Waals surface area contributed by atoms with E-state index < -0.39 is 0 Å². The van der Waals surface area contributed by atoms with Crippen LogP contribution in [0.15, 0.2) is 0 Å². The summed E-state index contributed by atoms with van der Waals surface area (Å²) in [5.41, 5.74) is 5.09. The lowest BCUT2D eigenvalue weighted by Gasteiger charge is -2.10. The molecule has 0 saturated heterocycles. The number of amides is 1. The van der Waals surface area contributed by atoms with Crippen LogP contribution in [0, 0.1) is 5.92 Å². The van der Waals surface area contributed by atoms with Crippen molar-refractivity contribution in [3.05, 3.63) is 0 Å². The molecule has 0 rings (SSSR count). The Labute approximate surface area is 67.1 Å². The predicted molar refractivity (Wildman–Crippen MR) is 43.1 cm³/mol. The van der Waals surface area contributed by atoms with E-state index in [1.165, 1.54) is 0 Å². The number of carbonyl (C=O) groups is 1. The molecule has 0 aliphatic heterocycles. The van der Waals surface area contributed by atoms with Crippen LogP contribution >= 0.6 is 0 Å². The Morgan fingerprint density at radius 2 is 2.36 bits per heavy atom. The van der Waals surface area contributed by atoms with Crippen molar-refractivity contribution in [3.63, 3.8) is 0 Å². The van der Waals surface area contributed by atoms with Crippen molar-refractivity contribution in [2.45, 2.75) is 6.92 Å². The van der Waals surface area contributed by atoms with Crippen molar-refractivity contribution >= 4 is 5.91 Å². The molecule has 3 N–H and O–H groups in total. The molecular weight excluding hydrogens is 144 g/mol. The second-order valence-corrected chi connectivity index (χ2v) is 2.57. The first kappa shape index (κ1) is 10.4. The van der Waals surface area contributed by atoms with Crippen molar-refractivity contribution in [2.24, 2.45) is 11.7 Å². The molecule has 0 aliphatic rings. The highest BCUT2D eigenvalue weighted by atomic mass is 16.5. The van der Waals surface area contributed by atoms with Gasteiger partial charge in [0, 0.05) is 13.7 Å². The maximum atomic E-state index is 10.6. The van der Waals surface area contributed by atoms with Gasteiger partial charge in [0.1, 0.15) is 0 Å². The van der Waals surface area contributed by atoms with Crippen LogP contribution in [0.25, 0.3) is 0 Å². The second-order valence-electron chi connectivity index (χ2n) is 2.57. The van der Waals surface area contributed by atoms with Crippen LogP contribution in [0.5, 0.6) is 0 Å². The molecule has 4 nitrogen and oxygen atoms in total. The predicted octanol–water partition coefficient (Wildman–Crippen LogP) is -0.656. The first-order valence-corrected chi connectivity index (χ1v) is 3.66. The fourth-order valence-corrected chi connectivity index (χ4v) is 0.704. The largest absolute Gasteiger partial charge is 0.384 e. The van der Waals surface area contributed by atoms with E-state index in [4.69, 9.17) is 10.5 Å². The molecule has 0 spiro atoms. The van der Waals surface area contributed by atoms with Gasteiger partial charge in [-0.3, -0.25) is 4.79 Å². The van der Waals surface area contributed by atoms with Crippen LogP contribution in [0.3, 0.4) is 0 Å². The zero-order valence-corrected chi connectivity index (χ0v) is 7.09. The normalized spacial score (nSPS) is 12.6. The van der Waals surface area contributed by atoms with Crippen molar-refractivity contribution in [2.75, 3.05) is 26.8 Å². The number of methoxy groups -OCH3 is 1. The Hall–Kier alpha value is -0.610. The monoisotopic (exact) mass is 160 g/mol. The Kier molecular flexibility index (Phi) is 5.78. The van der Waals surface area contributed by atoms with Crippen LogP contribution in [0.2, 0.25) is 0 Å². The first-order chi connectivity index (χ1) is 5.20. The van der Waals surface area contributed by atoms with E-state index in [0.717, 1.165) is 0 Å². The third-order valence-corrected chi connectivity index (χ3v) is 1.28. The average molecular weight is 160 g/mol. The third-order valence-electron chi connectivity index (χ3n) is 1.28. The fourth-order valence-electron chi connectivity index (χ4n) is 0.704. The molecule has 0 aromatic carbocycles. The van der Waals surface area contributed by atoms with Gasteiger partial charge in [-0.25, -0.2) is 0 Å². The summed E-state index contributed by atoms with van der Waals surface area (Å²) in [7, 11) is 1.64. The molecule has 0 fully saturated rings.